The summed E-state index contributed by atoms with van der Waals surface area (Å²) in [7, 11) is -1.85. The van der Waals surface area contributed by atoms with E-state index < -0.39 is 10.0 Å². The molecule has 0 radical (unpaired) electrons. The number of methoxy groups -OCH3 is 1. The van der Waals surface area contributed by atoms with Crippen LogP contribution in [0.15, 0.2) is 60.0 Å². The molecule has 1 fully saturated rings. The summed E-state index contributed by atoms with van der Waals surface area (Å²) in [5.41, 5.74) is 1.85. The summed E-state index contributed by atoms with van der Waals surface area (Å²) in [5, 5.41) is 1.31. The Morgan fingerprint density at radius 3 is 2.67 bits per heavy atom. The lowest BCUT2D eigenvalue weighted by atomic mass is 10.1. The van der Waals surface area contributed by atoms with Crippen molar-refractivity contribution >= 4 is 16.1 Å². The van der Waals surface area contributed by atoms with Gasteiger partial charge in [-0.3, -0.25) is 0 Å². The Hall–Kier alpha value is -2.11. The fourth-order valence-electron chi connectivity index (χ4n) is 3.03. The molecule has 0 amide bonds. The van der Waals surface area contributed by atoms with Gasteiger partial charge in [0.15, 0.2) is 0 Å². The molecule has 1 aliphatic heterocycles. The van der Waals surface area contributed by atoms with Crippen LogP contribution in [-0.4, -0.2) is 26.4 Å². The fourth-order valence-corrected chi connectivity index (χ4v) is 4.48. The maximum Gasteiger partial charge on any atom is 0.236 e. The molecule has 0 saturated carbocycles. The van der Waals surface area contributed by atoms with E-state index in [0.717, 1.165) is 29.7 Å². The van der Waals surface area contributed by atoms with Crippen molar-refractivity contribution in [3.63, 3.8) is 0 Å². The first-order valence-electron chi connectivity index (χ1n) is 7.99. The molecule has 5 heteroatoms. The minimum absolute atomic E-state index is 0.134. The number of rotatable bonds is 5. The van der Waals surface area contributed by atoms with Crippen LogP contribution < -0.4 is 4.74 Å². The van der Waals surface area contributed by atoms with Gasteiger partial charge in [-0.2, -0.15) is 4.31 Å². The van der Waals surface area contributed by atoms with E-state index in [1.807, 2.05) is 54.6 Å². The number of hydrogen-bond acceptors (Lipinski definition) is 3. The summed E-state index contributed by atoms with van der Waals surface area (Å²) in [6.07, 6.45) is 3.34. The number of nitrogens with zero attached hydrogens (tertiary/aromatic N) is 1. The van der Waals surface area contributed by atoms with E-state index in [0.29, 0.717) is 6.54 Å². The van der Waals surface area contributed by atoms with Gasteiger partial charge in [-0.1, -0.05) is 42.5 Å². The van der Waals surface area contributed by atoms with E-state index in [1.165, 1.54) is 5.41 Å². The summed E-state index contributed by atoms with van der Waals surface area (Å²) in [6.45, 7) is 0.545. The van der Waals surface area contributed by atoms with Gasteiger partial charge in [0.2, 0.25) is 10.0 Å². The molecule has 3 rings (SSSR count). The Bertz CT molecular complexity index is 816. The van der Waals surface area contributed by atoms with Gasteiger partial charge in [0, 0.05) is 12.0 Å². The average molecular weight is 343 g/mol. The van der Waals surface area contributed by atoms with Crippen molar-refractivity contribution in [1.82, 2.24) is 4.31 Å². The molecule has 1 atom stereocenters. The van der Waals surface area contributed by atoms with Gasteiger partial charge in [0.05, 0.1) is 13.2 Å². The first-order chi connectivity index (χ1) is 11.6. The second-order valence-electron chi connectivity index (χ2n) is 5.80. The van der Waals surface area contributed by atoms with Gasteiger partial charge < -0.3 is 4.74 Å². The molecule has 0 bridgehead atoms. The third kappa shape index (κ3) is 3.68. The Morgan fingerprint density at radius 1 is 1.12 bits per heavy atom. The van der Waals surface area contributed by atoms with E-state index in [1.54, 1.807) is 17.5 Å². The first-order valence-corrected chi connectivity index (χ1v) is 9.49. The lowest BCUT2D eigenvalue weighted by Gasteiger charge is -2.23. The van der Waals surface area contributed by atoms with Crippen molar-refractivity contribution in [3.8, 4) is 5.75 Å². The topological polar surface area (TPSA) is 46.6 Å². The molecule has 2 aromatic carbocycles. The van der Waals surface area contributed by atoms with Gasteiger partial charge in [-0.15, -0.1) is 0 Å². The monoisotopic (exact) mass is 343 g/mol. The standard InChI is InChI=1S/C19H21NO3S/c1-23-18-10-5-9-17(15-18)19-11-6-13-20(19)24(21,22)14-12-16-7-3-2-4-8-16/h2-5,7-10,12,14-15,19H,6,11,13H2,1H3/b14-12+. The molecule has 1 unspecified atom stereocenters. The Kier molecular flexibility index (Phi) is 5.02. The molecule has 1 heterocycles. The van der Waals surface area contributed by atoms with Crippen LogP contribution in [-0.2, 0) is 10.0 Å². The maximum atomic E-state index is 12.8. The predicted octanol–water partition coefficient (Wildman–Crippen LogP) is 3.83. The Balaban J connectivity index is 1.85. The first kappa shape index (κ1) is 16.7. The zero-order valence-corrected chi connectivity index (χ0v) is 14.4. The van der Waals surface area contributed by atoms with Crippen LogP contribution >= 0.6 is 0 Å². The van der Waals surface area contributed by atoms with Gasteiger partial charge in [0.1, 0.15) is 5.75 Å². The van der Waals surface area contributed by atoms with Crippen LogP contribution in [0.25, 0.3) is 6.08 Å². The van der Waals surface area contributed by atoms with E-state index >= 15 is 0 Å². The predicted molar refractivity (Wildman–Crippen MR) is 96.1 cm³/mol. The third-order valence-electron chi connectivity index (χ3n) is 4.24. The normalized spacial score (nSPS) is 19.0. The lowest BCUT2D eigenvalue weighted by molar-refractivity contribution is 0.394. The van der Waals surface area contributed by atoms with E-state index in [4.69, 9.17) is 4.74 Å². The molecule has 0 aromatic heterocycles. The van der Waals surface area contributed by atoms with Crippen LogP contribution in [0.4, 0.5) is 0 Å². The molecule has 4 nitrogen and oxygen atoms in total. The van der Waals surface area contributed by atoms with Crippen molar-refractivity contribution in [1.29, 1.82) is 0 Å². The quantitative estimate of drug-likeness (QED) is 0.829. The van der Waals surface area contributed by atoms with Crippen molar-refractivity contribution < 1.29 is 13.2 Å². The number of sulfonamides is 1. The number of benzene rings is 2. The zero-order chi connectivity index (χ0) is 17.0. The van der Waals surface area contributed by atoms with Crippen molar-refractivity contribution in [2.45, 2.75) is 18.9 Å². The minimum Gasteiger partial charge on any atom is -0.497 e. The van der Waals surface area contributed by atoms with Crippen molar-refractivity contribution in [2.75, 3.05) is 13.7 Å². The fraction of sp³-hybridized carbons (Fsp3) is 0.263. The average Bonchev–Trinajstić information content (AvgIpc) is 3.12. The molecule has 0 spiro atoms. The van der Waals surface area contributed by atoms with Crippen LogP contribution in [0, 0.1) is 0 Å². The Morgan fingerprint density at radius 2 is 1.92 bits per heavy atom. The summed E-state index contributed by atoms with van der Waals surface area (Å²) in [4.78, 5) is 0. The van der Waals surface area contributed by atoms with Crippen molar-refractivity contribution in [2.24, 2.45) is 0 Å². The molecule has 24 heavy (non-hydrogen) atoms. The number of ether oxygens (including phenoxy) is 1. The molecular formula is C19H21NO3S. The molecule has 0 N–H and O–H groups in total. The zero-order valence-electron chi connectivity index (χ0n) is 13.6. The summed E-state index contributed by atoms with van der Waals surface area (Å²) >= 11 is 0. The van der Waals surface area contributed by atoms with E-state index in [-0.39, 0.29) is 6.04 Å². The molecular weight excluding hydrogens is 322 g/mol. The minimum atomic E-state index is -3.46. The number of hydrogen-bond donors (Lipinski definition) is 0. The van der Waals surface area contributed by atoms with Crippen LogP contribution in [0.3, 0.4) is 0 Å². The lowest BCUT2D eigenvalue weighted by Crippen LogP contribution is -2.28. The highest BCUT2D eigenvalue weighted by Gasteiger charge is 2.33. The largest absolute Gasteiger partial charge is 0.497 e. The highest BCUT2D eigenvalue weighted by molar-refractivity contribution is 7.92. The molecule has 2 aromatic rings. The van der Waals surface area contributed by atoms with Gasteiger partial charge in [0.25, 0.3) is 0 Å². The Labute approximate surface area is 143 Å². The molecule has 126 valence electrons. The molecule has 1 aliphatic rings. The van der Waals surface area contributed by atoms with Crippen molar-refractivity contribution in [3.05, 3.63) is 71.1 Å². The second-order valence-corrected chi connectivity index (χ2v) is 7.57. The van der Waals surface area contributed by atoms with Gasteiger partial charge in [-0.25, -0.2) is 8.42 Å². The summed E-state index contributed by atoms with van der Waals surface area (Å²) in [6, 6.07) is 17.0. The van der Waals surface area contributed by atoms with E-state index in [2.05, 4.69) is 0 Å². The van der Waals surface area contributed by atoms with Gasteiger partial charge >= 0.3 is 0 Å². The maximum absolute atomic E-state index is 12.8. The van der Waals surface area contributed by atoms with E-state index in [9.17, 15) is 8.42 Å². The third-order valence-corrected chi connectivity index (χ3v) is 5.81. The summed E-state index contributed by atoms with van der Waals surface area (Å²) < 4.78 is 32.3. The van der Waals surface area contributed by atoms with Crippen LogP contribution in [0.1, 0.15) is 30.0 Å². The van der Waals surface area contributed by atoms with Crippen LogP contribution in [0.5, 0.6) is 5.75 Å². The van der Waals surface area contributed by atoms with Crippen LogP contribution in [0.2, 0.25) is 0 Å². The molecule has 0 aliphatic carbocycles. The summed E-state index contributed by atoms with van der Waals surface area (Å²) in [5.74, 6) is 0.747. The second kappa shape index (κ2) is 7.20. The smallest absolute Gasteiger partial charge is 0.236 e. The SMILES string of the molecule is COc1cccc(C2CCCN2S(=O)(=O)/C=C/c2ccccc2)c1. The highest BCUT2D eigenvalue weighted by Crippen LogP contribution is 2.36. The molecule has 1 saturated heterocycles. The highest BCUT2D eigenvalue weighted by atomic mass is 32.2. The van der Waals surface area contributed by atoms with Gasteiger partial charge in [-0.05, 0) is 42.2 Å².